The number of nitrogens with two attached hydrogens (primary N) is 1. The van der Waals surface area contributed by atoms with Gasteiger partial charge in [0.05, 0.1) is 11.7 Å². The number of aliphatic hydroxyl groups is 1. The van der Waals surface area contributed by atoms with Crippen LogP contribution < -0.4 is 11.3 Å². The number of nitrogens with one attached hydrogen (secondary N) is 1. The highest BCUT2D eigenvalue weighted by Crippen LogP contribution is 2.30. The van der Waals surface area contributed by atoms with Gasteiger partial charge in [0.1, 0.15) is 6.61 Å². The van der Waals surface area contributed by atoms with Gasteiger partial charge in [-0.05, 0) is 12.8 Å². The van der Waals surface area contributed by atoms with Gasteiger partial charge < -0.3 is 15.7 Å². The second kappa shape index (κ2) is 4.54. The summed E-state index contributed by atoms with van der Waals surface area (Å²) < 4.78 is 0. The molecule has 0 radical (unpaired) electrons. The van der Waals surface area contributed by atoms with Crippen LogP contribution in [0.4, 0.5) is 5.95 Å². The fraction of sp³-hybridized carbons (Fsp3) is 0.500. The number of anilines is 1. The van der Waals surface area contributed by atoms with Crippen molar-refractivity contribution in [3.05, 3.63) is 22.1 Å². The van der Waals surface area contributed by atoms with Crippen LogP contribution in [0.25, 0.3) is 0 Å². The van der Waals surface area contributed by atoms with Gasteiger partial charge in [-0.25, -0.2) is 4.98 Å². The average Bonchev–Trinajstić information content (AvgIpc) is 2.75. The summed E-state index contributed by atoms with van der Waals surface area (Å²) in [6, 6.07) is 1.07. The Morgan fingerprint density at radius 3 is 3.12 bits per heavy atom. The van der Waals surface area contributed by atoms with Gasteiger partial charge in [0.25, 0.3) is 5.56 Å². The van der Waals surface area contributed by atoms with E-state index in [9.17, 15) is 9.59 Å². The lowest BCUT2D eigenvalue weighted by Crippen LogP contribution is -2.33. The first-order valence-electron chi connectivity index (χ1n) is 5.39. The Morgan fingerprint density at radius 2 is 2.47 bits per heavy atom. The van der Waals surface area contributed by atoms with Crippen LogP contribution in [0, 0.1) is 0 Å². The zero-order chi connectivity index (χ0) is 12.4. The topological polar surface area (TPSA) is 112 Å². The molecule has 0 aliphatic carbocycles. The number of aromatic amines is 1. The monoisotopic (exact) mass is 238 g/mol. The molecular weight excluding hydrogens is 224 g/mol. The van der Waals surface area contributed by atoms with E-state index in [0.717, 1.165) is 12.8 Å². The molecule has 1 amide bonds. The maximum atomic E-state index is 11.5. The van der Waals surface area contributed by atoms with Crippen LogP contribution in [-0.2, 0) is 4.79 Å². The van der Waals surface area contributed by atoms with E-state index in [-0.39, 0.29) is 23.5 Å². The normalized spacial score (nSPS) is 19.6. The third-order valence-corrected chi connectivity index (χ3v) is 2.83. The highest BCUT2D eigenvalue weighted by Gasteiger charge is 2.30. The first kappa shape index (κ1) is 11.6. The second-order valence-corrected chi connectivity index (χ2v) is 3.96. The number of rotatable bonds is 2. The maximum Gasteiger partial charge on any atom is 0.252 e. The lowest BCUT2D eigenvalue weighted by molar-refractivity contribution is -0.135. The number of hydrogen-bond donors (Lipinski definition) is 3. The molecule has 4 N–H and O–H groups in total. The van der Waals surface area contributed by atoms with E-state index >= 15 is 0 Å². The van der Waals surface area contributed by atoms with Crippen molar-refractivity contribution in [1.29, 1.82) is 0 Å². The lowest BCUT2D eigenvalue weighted by Gasteiger charge is -2.23. The molecule has 7 nitrogen and oxygen atoms in total. The van der Waals surface area contributed by atoms with Crippen LogP contribution in [0.5, 0.6) is 0 Å². The van der Waals surface area contributed by atoms with Crippen molar-refractivity contribution in [2.75, 3.05) is 18.9 Å². The first-order valence-corrected chi connectivity index (χ1v) is 5.39. The van der Waals surface area contributed by atoms with E-state index in [1.807, 2.05) is 0 Å². The van der Waals surface area contributed by atoms with Crippen LogP contribution >= 0.6 is 0 Å². The van der Waals surface area contributed by atoms with E-state index in [2.05, 4.69) is 9.97 Å². The molecule has 92 valence electrons. The van der Waals surface area contributed by atoms with Gasteiger partial charge in [0.15, 0.2) is 0 Å². The predicted molar refractivity (Wildman–Crippen MR) is 60.0 cm³/mol. The Bertz CT molecular complexity index is 485. The predicted octanol–water partition coefficient (Wildman–Crippen LogP) is -0.992. The second-order valence-electron chi connectivity index (χ2n) is 3.96. The summed E-state index contributed by atoms with van der Waals surface area (Å²) in [6.45, 7) is 0.0353. The van der Waals surface area contributed by atoms with Crippen LogP contribution in [0.3, 0.4) is 0 Å². The van der Waals surface area contributed by atoms with Crippen molar-refractivity contribution in [3.63, 3.8) is 0 Å². The smallest absolute Gasteiger partial charge is 0.252 e. The molecule has 1 aliphatic heterocycles. The van der Waals surface area contributed by atoms with Crippen molar-refractivity contribution in [2.45, 2.75) is 18.9 Å². The van der Waals surface area contributed by atoms with E-state index in [4.69, 9.17) is 10.8 Å². The highest BCUT2D eigenvalue weighted by molar-refractivity contribution is 5.77. The van der Waals surface area contributed by atoms with E-state index in [1.165, 1.54) is 11.0 Å². The summed E-state index contributed by atoms with van der Waals surface area (Å²) in [5.74, 6) is -0.316. The van der Waals surface area contributed by atoms with Gasteiger partial charge in [0, 0.05) is 12.6 Å². The van der Waals surface area contributed by atoms with Crippen LogP contribution in [-0.4, -0.2) is 39.0 Å². The SMILES string of the molecule is Nc1nc(C2CCCN2C(=O)CO)cc(=O)[nH]1. The van der Waals surface area contributed by atoms with Gasteiger partial charge >= 0.3 is 0 Å². The van der Waals surface area contributed by atoms with E-state index < -0.39 is 6.61 Å². The molecule has 0 spiro atoms. The molecule has 1 aromatic rings. The number of hydrogen-bond acceptors (Lipinski definition) is 5. The molecule has 1 saturated heterocycles. The highest BCUT2D eigenvalue weighted by atomic mass is 16.3. The number of aliphatic hydroxyl groups excluding tert-OH is 1. The molecule has 7 heteroatoms. The summed E-state index contributed by atoms with van der Waals surface area (Å²) in [4.78, 5) is 30.7. The van der Waals surface area contributed by atoms with Crippen molar-refractivity contribution < 1.29 is 9.90 Å². The summed E-state index contributed by atoms with van der Waals surface area (Å²) in [5.41, 5.74) is 5.60. The van der Waals surface area contributed by atoms with Gasteiger partial charge in [-0.2, -0.15) is 0 Å². The van der Waals surface area contributed by atoms with Crippen molar-refractivity contribution in [1.82, 2.24) is 14.9 Å². The molecule has 1 aliphatic rings. The van der Waals surface area contributed by atoms with E-state index in [1.54, 1.807) is 0 Å². The Balaban J connectivity index is 2.32. The fourth-order valence-corrected chi connectivity index (χ4v) is 2.13. The minimum atomic E-state index is -0.533. The lowest BCUT2D eigenvalue weighted by atomic mass is 10.1. The Kier molecular flexibility index (Phi) is 3.10. The summed E-state index contributed by atoms with van der Waals surface area (Å²) in [7, 11) is 0. The maximum absolute atomic E-state index is 11.5. The molecular formula is C10H14N4O3. The largest absolute Gasteiger partial charge is 0.387 e. The molecule has 17 heavy (non-hydrogen) atoms. The number of carbonyl (C=O) groups is 1. The van der Waals surface area contributed by atoms with Crippen LogP contribution in [0.2, 0.25) is 0 Å². The number of nitrogens with zero attached hydrogens (tertiary/aromatic N) is 2. The summed E-state index contributed by atoms with van der Waals surface area (Å²) >= 11 is 0. The minimum Gasteiger partial charge on any atom is -0.387 e. The molecule has 1 atom stereocenters. The molecule has 1 unspecified atom stereocenters. The van der Waals surface area contributed by atoms with Crippen molar-refractivity contribution in [2.24, 2.45) is 0 Å². The average molecular weight is 238 g/mol. The van der Waals surface area contributed by atoms with Gasteiger partial charge in [0.2, 0.25) is 11.9 Å². The Labute approximate surface area is 97.3 Å². The summed E-state index contributed by atoms with van der Waals surface area (Å²) in [5, 5.41) is 8.86. The molecule has 2 heterocycles. The van der Waals surface area contributed by atoms with Crippen LogP contribution in [0.15, 0.2) is 10.9 Å². The van der Waals surface area contributed by atoms with Gasteiger partial charge in [-0.15, -0.1) is 0 Å². The van der Waals surface area contributed by atoms with E-state index in [0.29, 0.717) is 12.2 Å². The Morgan fingerprint density at radius 1 is 1.71 bits per heavy atom. The number of amides is 1. The summed E-state index contributed by atoms with van der Waals surface area (Å²) in [6.07, 6.45) is 1.55. The number of nitrogen functional groups attached to an aromatic ring is 1. The third kappa shape index (κ3) is 2.28. The van der Waals surface area contributed by atoms with Crippen molar-refractivity contribution >= 4 is 11.9 Å². The fourth-order valence-electron chi connectivity index (χ4n) is 2.13. The van der Waals surface area contributed by atoms with Crippen molar-refractivity contribution in [3.8, 4) is 0 Å². The quantitative estimate of drug-likeness (QED) is 0.612. The number of H-pyrrole nitrogens is 1. The van der Waals surface area contributed by atoms with Gasteiger partial charge in [-0.3, -0.25) is 14.6 Å². The third-order valence-electron chi connectivity index (χ3n) is 2.83. The van der Waals surface area contributed by atoms with Crippen LogP contribution in [0.1, 0.15) is 24.6 Å². The number of likely N-dealkylation sites (tertiary alicyclic amines) is 1. The zero-order valence-electron chi connectivity index (χ0n) is 9.22. The van der Waals surface area contributed by atoms with Gasteiger partial charge in [-0.1, -0.05) is 0 Å². The molecule has 0 bridgehead atoms. The zero-order valence-corrected chi connectivity index (χ0v) is 9.22. The Hall–Kier alpha value is -1.89. The molecule has 0 saturated carbocycles. The standard InChI is InChI=1S/C10H14N4O3/c11-10-12-6(4-8(16)13-10)7-2-1-3-14(7)9(17)5-15/h4,7,15H,1-3,5H2,(H3,11,12,13,16). The molecule has 0 aromatic carbocycles. The molecule has 1 fully saturated rings. The number of carbonyl (C=O) groups excluding carboxylic acids is 1. The first-order chi connectivity index (χ1) is 8.11. The number of aromatic nitrogens is 2. The molecule has 2 rings (SSSR count). The molecule has 1 aromatic heterocycles. The minimum absolute atomic E-state index is 0.0378.